The van der Waals surface area contributed by atoms with Crippen molar-refractivity contribution in [2.75, 3.05) is 27.9 Å². The van der Waals surface area contributed by atoms with Crippen LogP contribution in [0.2, 0.25) is 0 Å². The molecule has 0 radical (unpaired) electrons. The summed E-state index contributed by atoms with van der Waals surface area (Å²) in [6.45, 7) is -0.0853. The molecule has 0 aliphatic heterocycles. The zero-order chi connectivity index (χ0) is 32.5. The van der Waals surface area contributed by atoms with Crippen LogP contribution in [0.1, 0.15) is 49.3 Å². The van der Waals surface area contributed by atoms with Crippen LogP contribution < -0.4 is 19.5 Å². The summed E-state index contributed by atoms with van der Waals surface area (Å²) in [5.41, 5.74) is 2.09. The van der Waals surface area contributed by atoms with E-state index < -0.39 is 17.8 Å². The summed E-state index contributed by atoms with van der Waals surface area (Å²) < 4.78 is 30.1. The largest absolute Gasteiger partial charge is 0.497 e. The molecule has 4 aromatic rings. The Labute approximate surface area is 267 Å². The second kappa shape index (κ2) is 15.3. The van der Waals surface area contributed by atoms with Crippen molar-refractivity contribution in [3.8, 4) is 28.6 Å². The highest BCUT2D eigenvalue weighted by Gasteiger charge is 2.33. The molecule has 0 bridgehead atoms. The van der Waals surface area contributed by atoms with Gasteiger partial charge in [-0.1, -0.05) is 37.5 Å². The molecular formula is C34H39FN6O5. The number of tetrazole rings is 1. The van der Waals surface area contributed by atoms with E-state index in [1.807, 2.05) is 12.1 Å². The van der Waals surface area contributed by atoms with Gasteiger partial charge in [-0.15, -0.1) is 10.2 Å². The lowest BCUT2D eigenvalue weighted by molar-refractivity contribution is -0.142. The summed E-state index contributed by atoms with van der Waals surface area (Å²) >= 11 is 0. The number of methoxy groups -OCH3 is 3. The molecule has 1 aliphatic rings. The quantitative estimate of drug-likeness (QED) is 0.224. The highest BCUT2D eigenvalue weighted by molar-refractivity contribution is 5.89. The first-order valence-electron chi connectivity index (χ1n) is 15.4. The molecule has 242 valence electrons. The molecule has 0 saturated heterocycles. The topological polar surface area (TPSA) is 121 Å². The SMILES string of the molecule is COc1ccc(-c2nnn(CC(=O)N(CCc3ccc(OC)c(OC)c3)C(C(=O)NC3CCCCC3)c3ccc(F)cc3)n2)cc1. The molecule has 1 fully saturated rings. The van der Waals surface area contributed by atoms with Crippen molar-refractivity contribution in [2.45, 2.75) is 57.2 Å². The number of amides is 2. The predicted molar refractivity (Wildman–Crippen MR) is 169 cm³/mol. The molecule has 11 nitrogen and oxygen atoms in total. The first-order chi connectivity index (χ1) is 22.4. The monoisotopic (exact) mass is 630 g/mol. The number of benzene rings is 3. The number of carbonyl (C=O) groups is 2. The Morgan fingerprint density at radius 3 is 2.33 bits per heavy atom. The van der Waals surface area contributed by atoms with Gasteiger partial charge in [-0.05, 0) is 84.1 Å². The molecule has 1 aromatic heterocycles. The molecule has 1 saturated carbocycles. The Morgan fingerprint density at radius 1 is 0.935 bits per heavy atom. The van der Waals surface area contributed by atoms with E-state index in [0.29, 0.717) is 40.6 Å². The summed E-state index contributed by atoms with van der Waals surface area (Å²) in [7, 11) is 4.71. The zero-order valence-electron chi connectivity index (χ0n) is 26.3. The standard InChI is InChI=1S/C34H39FN6O5/c1-44-28-16-12-25(13-17-28)33-37-39-41(38-33)22-31(42)40(20-19-23-9-18-29(45-2)30(21-23)46-3)32(24-10-14-26(35)15-11-24)34(43)36-27-7-5-4-6-8-27/h9-18,21,27,32H,4-8,19-20,22H2,1-3H3,(H,36,43). The molecular weight excluding hydrogens is 591 g/mol. The van der Waals surface area contributed by atoms with Gasteiger partial charge in [0.2, 0.25) is 17.6 Å². The minimum atomic E-state index is -1.01. The van der Waals surface area contributed by atoms with E-state index in [1.165, 1.54) is 21.8 Å². The Hall–Kier alpha value is -5.00. The number of hydrogen-bond acceptors (Lipinski definition) is 8. The number of ether oxygens (including phenoxy) is 3. The number of carbonyl (C=O) groups excluding carboxylic acids is 2. The lowest BCUT2D eigenvalue weighted by Gasteiger charge is -2.33. The molecule has 1 N–H and O–H groups in total. The van der Waals surface area contributed by atoms with Crippen molar-refractivity contribution in [3.05, 3.63) is 83.7 Å². The molecule has 1 unspecified atom stereocenters. The molecule has 3 aromatic carbocycles. The van der Waals surface area contributed by atoms with Crippen LogP contribution in [0.4, 0.5) is 4.39 Å². The number of aromatic nitrogens is 4. The van der Waals surface area contributed by atoms with Gasteiger partial charge in [-0.2, -0.15) is 4.80 Å². The smallest absolute Gasteiger partial charge is 0.247 e. The van der Waals surface area contributed by atoms with Crippen LogP contribution in [-0.2, 0) is 22.6 Å². The van der Waals surface area contributed by atoms with E-state index >= 15 is 0 Å². The average molecular weight is 631 g/mol. The molecule has 12 heteroatoms. The predicted octanol–water partition coefficient (Wildman–Crippen LogP) is 4.77. The number of halogens is 1. The summed E-state index contributed by atoms with van der Waals surface area (Å²) in [4.78, 5) is 30.9. The fraction of sp³-hybridized carbons (Fsp3) is 0.382. The number of nitrogens with zero attached hydrogens (tertiary/aromatic N) is 5. The fourth-order valence-corrected chi connectivity index (χ4v) is 5.71. The highest BCUT2D eigenvalue weighted by Crippen LogP contribution is 2.29. The van der Waals surface area contributed by atoms with Crippen LogP contribution in [-0.4, -0.2) is 70.8 Å². The maximum atomic E-state index is 14.1. The van der Waals surface area contributed by atoms with E-state index in [-0.39, 0.29) is 25.0 Å². The lowest BCUT2D eigenvalue weighted by Crippen LogP contribution is -2.48. The van der Waals surface area contributed by atoms with Gasteiger partial charge in [0.15, 0.2) is 11.5 Å². The van der Waals surface area contributed by atoms with Crippen LogP contribution in [0.15, 0.2) is 66.7 Å². The van der Waals surface area contributed by atoms with Crippen LogP contribution in [0, 0.1) is 5.82 Å². The summed E-state index contributed by atoms with van der Waals surface area (Å²) in [5, 5.41) is 15.8. The van der Waals surface area contributed by atoms with Crippen LogP contribution in [0.3, 0.4) is 0 Å². The average Bonchev–Trinajstić information content (AvgIpc) is 3.55. The lowest BCUT2D eigenvalue weighted by atomic mass is 9.94. The molecule has 1 heterocycles. The Morgan fingerprint density at radius 2 is 1.65 bits per heavy atom. The first-order valence-corrected chi connectivity index (χ1v) is 15.4. The van der Waals surface area contributed by atoms with Crippen molar-refractivity contribution >= 4 is 11.8 Å². The highest BCUT2D eigenvalue weighted by atomic mass is 19.1. The normalized spacial score (nSPS) is 13.9. The van der Waals surface area contributed by atoms with Crippen molar-refractivity contribution in [1.29, 1.82) is 0 Å². The zero-order valence-corrected chi connectivity index (χ0v) is 26.3. The Bertz CT molecular complexity index is 1610. The summed E-state index contributed by atoms with van der Waals surface area (Å²) in [6.07, 6.45) is 5.34. The van der Waals surface area contributed by atoms with Crippen LogP contribution in [0.5, 0.6) is 17.2 Å². The minimum absolute atomic E-state index is 0.0102. The van der Waals surface area contributed by atoms with Gasteiger partial charge in [0, 0.05) is 18.2 Å². The number of hydrogen-bond donors (Lipinski definition) is 1. The third-order valence-corrected chi connectivity index (χ3v) is 8.18. The molecule has 5 rings (SSSR count). The van der Waals surface area contributed by atoms with Crippen molar-refractivity contribution in [1.82, 2.24) is 30.4 Å². The van der Waals surface area contributed by atoms with Gasteiger partial charge in [0.05, 0.1) is 21.3 Å². The van der Waals surface area contributed by atoms with Gasteiger partial charge in [-0.25, -0.2) is 4.39 Å². The minimum Gasteiger partial charge on any atom is -0.497 e. The fourth-order valence-electron chi connectivity index (χ4n) is 5.71. The van der Waals surface area contributed by atoms with E-state index in [1.54, 1.807) is 63.8 Å². The molecule has 1 aliphatic carbocycles. The second-order valence-corrected chi connectivity index (χ2v) is 11.2. The van der Waals surface area contributed by atoms with Gasteiger partial charge < -0.3 is 24.4 Å². The molecule has 0 spiro atoms. The Kier molecular flexibility index (Phi) is 10.8. The molecule has 1 atom stereocenters. The van der Waals surface area contributed by atoms with Crippen LogP contribution in [0.25, 0.3) is 11.4 Å². The summed E-state index contributed by atoms with van der Waals surface area (Å²) in [6, 6.07) is 17.4. The van der Waals surface area contributed by atoms with Crippen molar-refractivity contribution in [3.63, 3.8) is 0 Å². The van der Waals surface area contributed by atoms with Crippen molar-refractivity contribution < 1.29 is 28.2 Å². The van der Waals surface area contributed by atoms with Gasteiger partial charge >= 0.3 is 0 Å². The van der Waals surface area contributed by atoms with Crippen LogP contribution >= 0.6 is 0 Å². The van der Waals surface area contributed by atoms with Gasteiger partial charge in [-0.3, -0.25) is 9.59 Å². The van der Waals surface area contributed by atoms with Crippen molar-refractivity contribution in [2.24, 2.45) is 0 Å². The third kappa shape index (κ3) is 7.98. The van der Waals surface area contributed by atoms with E-state index in [2.05, 4.69) is 20.7 Å². The molecule has 46 heavy (non-hydrogen) atoms. The third-order valence-electron chi connectivity index (χ3n) is 8.18. The van der Waals surface area contributed by atoms with Gasteiger partial charge in [0.25, 0.3) is 0 Å². The van der Waals surface area contributed by atoms with E-state index in [4.69, 9.17) is 14.2 Å². The Balaban J connectivity index is 1.45. The van der Waals surface area contributed by atoms with E-state index in [9.17, 15) is 14.0 Å². The first kappa shape index (κ1) is 32.4. The number of nitrogens with one attached hydrogen (secondary N) is 1. The molecule has 2 amide bonds. The second-order valence-electron chi connectivity index (χ2n) is 11.2. The maximum absolute atomic E-state index is 14.1. The van der Waals surface area contributed by atoms with E-state index in [0.717, 1.165) is 37.7 Å². The number of rotatable bonds is 13. The summed E-state index contributed by atoms with van der Waals surface area (Å²) in [5.74, 6) is 1.03. The maximum Gasteiger partial charge on any atom is 0.247 e. The van der Waals surface area contributed by atoms with Gasteiger partial charge in [0.1, 0.15) is 24.2 Å².